The Morgan fingerprint density at radius 1 is 1.17 bits per heavy atom. The van der Waals surface area contributed by atoms with Gasteiger partial charge in [0.05, 0.1) is 25.7 Å². The second-order valence-corrected chi connectivity index (χ2v) is 6.52. The van der Waals surface area contributed by atoms with Crippen molar-refractivity contribution >= 4 is 29.3 Å². The molecule has 1 aliphatic rings. The Labute approximate surface area is 144 Å². The summed E-state index contributed by atoms with van der Waals surface area (Å²) in [5, 5.41) is 11.1. The molecule has 1 fully saturated rings. The third-order valence-corrected chi connectivity index (χ3v) is 4.68. The molecule has 0 heterocycles. The van der Waals surface area contributed by atoms with Gasteiger partial charge in [-0.05, 0) is 24.6 Å². The van der Waals surface area contributed by atoms with E-state index in [9.17, 15) is 19.5 Å². The lowest BCUT2D eigenvalue weighted by Gasteiger charge is -2.43. The number of esters is 2. The van der Waals surface area contributed by atoms with Crippen LogP contribution in [0.5, 0.6) is 0 Å². The van der Waals surface area contributed by atoms with Crippen LogP contribution in [0, 0.1) is 11.8 Å². The number of methoxy groups -OCH3 is 2. The standard InChI is InChI=1S/C17H19ClO6/c1-17(22)8-11(19)13(15(20)23-2)12(14(17)16(21)24-3)9-4-6-10(18)7-5-9/h4-7,12-14,22H,8H2,1-3H3/t12-,13-,14-,17+/m1/s1. The smallest absolute Gasteiger partial charge is 0.316 e. The number of benzene rings is 1. The van der Waals surface area contributed by atoms with E-state index in [0.29, 0.717) is 10.6 Å². The van der Waals surface area contributed by atoms with Crippen molar-refractivity contribution in [2.75, 3.05) is 14.2 Å². The van der Waals surface area contributed by atoms with E-state index in [2.05, 4.69) is 0 Å². The molecular weight excluding hydrogens is 336 g/mol. The molecule has 0 bridgehead atoms. The molecular formula is C17H19ClO6. The SMILES string of the molecule is COC(=O)[C@@H]1C(=O)C[C@](C)(O)[C@@H](C(=O)OC)[C@@H]1c1ccc(Cl)cc1. The predicted octanol–water partition coefficient (Wildman–Crippen LogP) is 1.73. The van der Waals surface area contributed by atoms with Crippen LogP contribution < -0.4 is 0 Å². The average molecular weight is 355 g/mol. The fraction of sp³-hybridized carbons (Fsp3) is 0.471. The summed E-state index contributed by atoms with van der Waals surface area (Å²) in [6, 6.07) is 6.42. The third-order valence-electron chi connectivity index (χ3n) is 4.43. The first-order chi connectivity index (χ1) is 11.2. The number of hydrogen-bond acceptors (Lipinski definition) is 6. The van der Waals surface area contributed by atoms with Gasteiger partial charge in [0, 0.05) is 17.4 Å². The Balaban J connectivity index is 2.63. The van der Waals surface area contributed by atoms with E-state index >= 15 is 0 Å². The molecule has 1 aliphatic carbocycles. The van der Waals surface area contributed by atoms with Gasteiger partial charge in [-0.1, -0.05) is 23.7 Å². The molecule has 1 aromatic carbocycles. The molecule has 0 unspecified atom stereocenters. The monoisotopic (exact) mass is 354 g/mol. The number of halogens is 1. The first-order valence-corrected chi connectivity index (χ1v) is 7.77. The fourth-order valence-electron chi connectivity index (χ4n) is 3.35. The molecule has 0 aliphatic heterocycles. The molecule has 0 aromatic heterocycles. The number of ketones is 1. The zero-order chi connectivity index (χ0) is 18.1. The van der Waals surface area contributed by atoms with Crippen molar-refractivity contribution in [2.24, 2.45) is 11.8 Å². The highest BCUT2D eigenvalue weighted by Crippen LogP contribution is 2.46. The zero-order valence-corrected chi connectivity index (χ0v) is 14.4. The van der Waals surface area contributed by atoms with E-state index in [1.165, 1.54) is 21.1 Å². The molecule has 130 valence electrons. The largest absolute Gasteiger partial charge is 0.469 e. The number of rotatable bonds is 3. The van der Waals surface area contributed by atoms with Crippen molar-refractivity contribution < 1.29 is 29.0 Å². The van der Waals surface area contributed by atoms with Crippen LogP contribution in [0.15, 0.2) is 24.3 Å². The molecule has 1 aromatic rings. The Morgan fingerprint density at radius 2 is 1.71 bits per heavy atom. The van der Waals surface area contributed by atoms with Gasteiger partial charge in [-0.3, -0.25) is 14.4 Å². The topological polar surface area (TPSA) is 89.9 Å². The predicted molar refractivity (Wildman–Crippen MR) is 85.5 cm³/mol. The quantitative estimate of drug-likeness (QED) is 0.656. The van der Waals surface area contributed by atoms with Crippen molar-refractivity contribution in [3.63, 3.8) is 0 Å². The van der Waals surface area contributed by atoms with Gasteiger partial charge in [-0.15, -0.1) is 0 Å². The highest BCUT2D eigenvalue weighted by atomic mass is 35.5. The number of carbonyl (C=O) groups is 3. The lowest BCUT2D eigenvalue weighted by Crippen LogP contribution is -2.55. The number of ether oxygens (including phenoxy) is 2. The first kappa shape index (κ1) is 18.4. The lowest BCUT2D eigenvalue weighted by atomic mass is 9.62. The lowest BCUT2D eigenvalue weighted by molar-refractivity contribution is -0.170. The molecule has 7 heteroatoms. The van der Waals surface area contributed by atoms with Gasteiger partial charge in [-0.2, -0.15) is 0 Å². The molecule has 0 spiro atoms. The molecule has 0 radical (unpaired) electrons. The molecule has 4 atom stereocenters. The summed E-state index contributed by atoms with van der Waals surface area (Å²) in [5.74, 6) is -5.11. The minimum Gasteiger partial charge on any atom is -0.469 e. The van der Waals surface area contributed by atoms with E-state index < -0.39 is 41.1 Å². The van der Waals surface area contributed by atoms with Crippen molar-refractivity contribution in [3.8, 4) is 0 Å². The van der Waals surface area contributed by atoms with Crippen LogP contribution >= 0.6 is 11.6 Å². The highest BCUT2D eigenvalue weighted by molar-refractivity contribution is 6.30. The van der Waals surface area contributed by atoms with Crippen LogP contribution in [0.1, 0.15) is 24.8 Å². The molecule has 0 saturated heterocycles. The van der Waals surface area contributed by atoms with Gasteiger partial charge in [0.1, 0.15) is 5.92 Å². The van der Waals surface area contributed by atoms with Gasteiger partial charge in [0.15, 0.2) is 5.78 Å². The van der Waals surface area contributed by atoms with E-state index in [1.807, 2.05) is 0 Å². The van der Waals surface area contributed by atoms with Gasteiger partial charge >= 0.3 is 11.9 Å². The number of Topliss-reactive ketones (excluding diaryl/α,β-unsaturated/α-hetero) is 1. The summed E-state index contributed by atoms with van der Waals surface area (Å²) >= 11 is 5.89. The third kappa shape index (κ3) is 3.30. The fourth-order valence-corrected chi connectivity index (χ4v) is 3.48. The number of aliphatic hydroxyl groups is 1. The molecule has 2 rings (SSSR count). The van der Waals surface area contributed by atoms with Crippen LogP contribution in [-0.2, 0) is 23.9 Å². The molecule has 6 nitrogen and oxygen atoms in total. The van der Waals surface area contributed by atoms with E-state index in [1.54, 1.807) is 24.3 Å². The maximum atomic E-state index is 12.5. The average Bonchev–Trinajstić information content (AvgIpc) is 2.53. The van der Waals surface area contributed by atoms with E-state index in [-0.39, 0.29) is 6.42 Å². The second-order valence-electron chi connectivity index (χ2n) is 6.08. The molecule has 0 amide bonds. The Morgan fingerprint density at radius 3 is 2.21 bits per heavy atom. The van der Waals surface area contributed by atoms with Crippen molar-refractivity contribution in [1.82, 2.24) is 0 Å². The number of carbonyl (C=O) groups excluding carboxylic acids is 3. The van der Waals surface area contributed by atoms with Crippen LogP contribution in [0.3, 0.4) is 0 Å². The summed E-state index contributed by atoms with van der Waals surface area (Å²) < 4.78 is 9.56. The highest BCUT2D eigenvalue weighted by Gasteiger charge is 2.56. The Kier molecular flexibility index (Phi) is 5.30. The Bertz CT molecular complexity index is 652. The van der Waals surface area contributed by atoms with Crippen LogP contribution in [-0.4, -0.2) is 42.6 Å². The van der Waals surface area contributed by atoms with Crippen LogP contribution in [0.4, 0.5) is 0 Å². The van der Waals surface area contributed by atoms with Gasteiger partial charge in [-0.25, -0.2) is 0 Å². The normalized spacial score (nSPS) is 29.9. The Hall–Kier alpha value is -1.92. The summed E-state index contributed by atoms with van der Waals surface area (Å²) in [6.45, 7) is 1.39. The molecule has 1 N–H and O–H groups in total. The molecule has 1 saturated carbocycles. The second kappa shape index (κ2) is 6.91. The minimum absolute atomic E-state index is 0.337. The van der Waals surface area contributed by atoms with Gasteiger partial charge in [0.2, 0.25) is 0 Å². The van der Waals surface area contributed by atoms with E-state index in [4.69, 9.17) is 21.1 Å². The summed E-state index contributed by atoms with van der Waals surface area (Å²) in [4.78, 5) is 37.0. The minimum atomic E-state index is -1.64. The van der Waals surface area contributed by atoms with Crippen molar-refractivity contribution in [3.05, 3.63) is 34.9 Å². The maximum absolute atomic E-state index is 12.5. The zero-order valence-electron chi connectivity index (χ0n) is 13.6. The van der Waals surface area contributed by atoms with Gasteiger partial charge < -0.3 is 14.6 Å². The first-order valence-electron chi connectivity index (χ1n) is 7.39. The summed E-state index contributed by atoms with van der Waals surface area (Å²) in [6.07, 6.45) is -0.337. The molecule has 24 heavy (non-hydrogen) atoms. The van der Waals surface area contributed by atoms with Crippen LogP contribution in [0.2, 0.25) is 5.02 Å². The van der Waals surface area contributed by atoms with E-state index in [0.717, 1.165) is 0 Å². The summed E-state index contributed by atoms with van der Waals surface area (Å²) in [5.41, 5.74) is -1.11. The summed E-state index contributed by atoms with van der Waals surface area (Å²) in [7, 11) is 2.37. The van der Waals surface area contributed by atoms with Crippen molar-refractivity contribution in [2.45, 2.75) is 24.9 Å². The van der Waals surface area contributed by atoms with Crippen LogP contribution in [0.25, 0.3) is 0 Å². The van der Waals surface area contributed by atoms with Gasteiger partial charge in [0.25, 0.3) is 0 Å². The number of hydrogen-bond donors (Lipinski definition) is 1. The maximum Gasteiger partial charge on any atom is 0.316 e. The van der Waals surface area contributed by atoms with Crippen molar-refractivity contribution in [1.29, 1.82) is 0 Å².